The number of nitrogens with one attached hydrogen (secondary N) is 1. The Labute approximate surface area is 182 Å². The van der Waals surface area contributed by atoms with E-state index in [0.717, 1.165) is 6.42 Å². The van der Waals surface area contributed by atoms with Crippen LogP contribution in [0.2, 0.25) is 0 Å². The average Bonchev–Trinajstić information content (AvgIpc) is 3.23. The predicted molar refractivity (Wildman–Crippen MR) is 118 cm³/mol. The van der Waals surface area contributed by atoms with E-state index in [1.165, 1.54) is 22.3 Å². The molecule has 5 rings (SSSR count). The molecule has 162 valence electrons. The molecule has 2 aromatic carbocycles. The molecule has 2 saturated carbocycles. The smallest absolute Gasteiger partial charge is 0.407 e. The summed E-state index contributed by atoms with van der Waals surface area (Å²) in [5, 5.41) is 13.0. The van der Waals surface area contributed by atoms with Crippen LogP contribution >= 0.6 is 0 Å². The van der Waals surface area contributed by atoms with E-state index in [9.17, 15) is 14.7 Å². The SMILES string of the molecule is CC1(C)[C@@]2(C(=O)O)CC[C@]1(C)[C@@H](NC(=O)OCC1c3ccccc3-c3ccccc31)C2. The summed E-state index contributed by atoms with van der Waals surface area (Å²) in [6, 6.07) is 16.3. The number of ether oxygens (including phenoxy) is 1. The molecule has 0 spiro atoms. The molecule has 0 unspecified atom stereocenters. The number of amides is 1. The highest BCUT2D eigenvalue weighted by Gasteiger charge is 2.73. The van der Waals surface area contributed by atoms with E-state index >= 15 is 0 Å². The number of hydrogen-bond acceptors (Lipinski definition) is 3. The molecule has 3 aliphatic rings. The Bertz CT molecular complexity index is 1030. The van der Waals surface area contributed by atoms with Crippen molar-refractivity contribution in [2.75, 3.05) is 6.61 Å². The van der Waals surface area contributed by atoms with Crippen LogP contribution in [0, 0.1) is 16.2 Å². The lowest BCUT2D eigenvalue weighted by atomic mass is 9.65. The van der Waals surface area contributed by atoms with Gasteiger partial charge in [0, 0.05) is 12.0 Å². The van der Waals surface area contributed by atoms with Crippen LogP contribution in [0.25, 0.3) is 11.1 Å². The van der Waals surface area contributed by atoms with E-state index < -0.39 is 22.9 Å². The summed E-state index contributed by atoms with van der Waals surface area (Å²) in [4.78, 5) is 25.0. The van der Waals surface area contributed by atoms with Crippen molar-refractivity contribution in [3.8, 4) is 11.1 Å². The first-order valence-electron chi connectivity index (χ1n) is 11.1. The predicted octanol–water partition coefficient (Wildman–Crippen LogP) is 5.19. The maximum Gasteiger partial charge on any atom is 0.407 e. The molecule has 0 radical (unpaired) electrons. The van der Waals surface area contributed by atoms with Crippen LogP contribution in [-0.4, -0.2) is 29.8 Å². The van der Waals surface area contributed by atoms with Crippen molar-refractivity contribution in [1.29, 1.82) is 0 Å². The third-order valence-corrected chi connectivity index (χ3v) is 9.06. The number of fused-ring (bicyclic) bond motifs is 5. The summed E-state index contributed by atoms with van der Waals surface area (Å²) in [7, 11) is 0. The van der Waals surface area contributed by atoms with Gasteiger partial charge >= 0.3 is 12.1 Å². The van der Waals surface area contributed by atoms with Gasteiger partial charge in [0.05, 0.1) is 5.41 Å². The van der Waals surface area contributed by atoms with Crippen LogP contribution in [0.1, 0.15) is 57.1 Å². The number of aliphatic carboxylic acids is 1. The zero-order valence-corrected chi connectivity index (χ0v) is 18.3. The van der Waals surface area contributed by atoms with E-state index in [4.69, 9.17) is 4.74 Å². The fraction of sp³-hybridized carbons (Fsp3) is 0.462. The Morgan fingerprint density at radius 1 is 1.00 bits per heavy atom. The number of carbonyl (C=O) groups is 2. The van der Waals surface area contributed by atoms with Crippen molar-refractivity contribution in [1.82, 2.24) is 5.32 Å². The van der Waals surface area contributed by atoms with Crippen LogP contribution in [-0.2, 0) is 9.53 Å². The third-order valence-electron chi connectivity index (χ3n) is 9.06. The van der Waals surface area contributed by atoms with Gasteiger partial charge in [0.15, 0.2) is 0 Å². The second kappa shape index (κ2) is 6.59. The quantitative estimate of drug-likeness (QED) is 0.715. The molecule has 2 N–H and O–H groups in total. The molecule has 5 heteroatoms. The average molecular weight is 420 g/mol. The minimum absolute atomic E-state index is 0.00979. The lowest BCUT2D eigenvalue weighted by molar-refractivity contribution is -0.154. The second-order valence-corrected chi connectivity index (χ2v) is 10.2. The molecule has 2 fully saturated rings. The summed E-state index contributed by atoms with van der Waals surface area (Å²) in [6.45, 7) is 6.44. The van der Waals surface area contributed by atoms with E-state index in [-0.39, 0.29) is 24.0 Å². The number of rotatable bonds is 4. The highest BCUT2D eigenvalue weighted by Crippen LogP contribution is 2.72. The zero-order chi connectivity index (χ0) is 22.0. The van der Waals surface area contributed by atoms with Gasteiger partial charge in [-0.05, 0) is 52.3 Å². The normalized spacial score (nSPS) is 30.0. The molecule has 0 heterocycles. The summed E-state index contributed by atoms with van der Waals surface area (Å²) in [5.74, 6) is -0.742. The van der Waals surface area contributed by atoms with E-state index in [2.05, 4.69) is 36.5 Å². The van der Waals surface area contributed by atoms with Gasteiger partial charge in [-0.15, -0.1) is 0 Å². The number of alkyl carbamates (subject to hydrolysis) is 1. The van der Waals surface area contributed by atoms with Gasteiger partial charge in [-0.3, -0.25) is 4.79 Å². The highest BCUT2D eigenvalue weighted by molar-refractivity contribution is 5.80. The molecule has 2 aromatic rings. The molecule has 31 heavy (non-hydrogen) atoms. The zero-order valence-electron chi connectivity index (χ0n) is 18.3. The molecule has 0 saturated heterocycles. The monoisotopic (exact) mass is 419 g/mol. The van der Waals surface area contributed by atoms with Gasteiger partial charge in [0.1, 0.15) is 6.61 Å². The third kappa shape index (κ3) is 2.55. The fourth-order valence-electron chi connectivity index (χ4n) is 6.64. The van der Waals surface area contributed by atoms with E-state index in [1.54, 1.807) is 0 Å². The molecule has 3 atom stereocenters. The van der Waals surface area contributed by atoms with Crippen LogP contribution in [0.4, 0.5) is 4.79 Å². The van der Waals surface area contributed by atoms with Crippen molar-refractivity contribution in [3.63, 3.8) is 0 Å². The first-order valence-corrected chi connectivity index (χ1v) is 11.1. The van der Waals surface area contributed by atoms with Crippen LogP contribution in [0.5, 0.6) is 0 Å². The lowest BCUT2D eigenvalue weighted by Gasteiger charge is -2.40. The first-order chi connectivity index (χ1) is 14.7. The fourth-order valence-corrected chi connectivity index (χ4v) is 6.64. The minimum atomic E-state index is -0.789. The van der Waals surface area contributed by atoms with Gasteiger partial charge in [0.2, 0.25) is 0 Å². The molecule has 5 nitrogen and oxygen atoms in total. The Morgan fingerprint density at radius 3 is 2.13 bits per heavy atom. The second-order valence-electron chi connectivity index (χ2n) is 10.2. The van der Waals surface area contributed by atoms with Crippen LogP contribution < -0.4 is 5.32 Å². The van der Waals surface area contributed by atoms with E-state index in [1.807, 2.05) is 38.1 Å². The number of carboxylic acids is 1. The molecular weight excluding hydrogens is 390 g/mol. The van der Waals surface area contributed by atoms with Crippen LogP contribution in [0.3, 0.4) is 0 Å². The Balaban J connectivity index is 1.31. The number of carbonyl (C=O) groups excluding carboxylic acids is 1. The Morgan fingerprint density at radius 2 is 1.58 bits per heavy atom. The highest BCUT2D eigenvalue weighted by atomic mass is 16.5. The standard InChI is InChI=1S/C26H29NO4/c1-24(2)25(3)12-13-26(24,22(28)29)14-21(25)27-23(30)31-15-20-18-10-6-4-8-16(18)17-9-5-7-11-19(17)20/h4-11,20-21H,12-15H2,1-3H3,(H,27,30)(H,28,29)/t21-,25+,26-/m0/s1. The summed E-state index contributed by atoms with van der Waals surface area (Å²) >= 11 is 0. The van der Waals surface area contributed by atoms with Gasteiger partial charge in [-0.25, -0.2) is 4.79 Å². The minimum Gasteiger partial charge on any atom is -0.481 e. The summed E-state index contributed by atoms with van der Waals surface area (Å²) in [6.07, 6.45) is 1.45. The van der Waals surface area contributed by atoms with E-state index in [0.29, 0.717) is 12.8 Å². The molecule has 0 aliphatic heterocycles. The molecule has 1 amide bonds. The van der Waals surface area contributed by atoms with Crippen LogP contribution in [0.15, 0.2) is 48.5 Å². The Kier molecular flexibility index (Phi) is 4.27. The molecule has 2 bridgehead atoms. The Hall–Kier alpha value is -2.82. The van der Waals surface area contributed by atoms with Gasteiger partial charge in [0.25, 0.3) is 0 Å². The maximum atomic E-state index is 12.8. The van der Waals surface area contributed by atoms with Gasteiger partial charge in [-0.2, -0.15) is 0 Å². The first kappa shape index (κ1) is 20.1. The summed E-state index contributed by atoms with van der Waals surface area (Å²) < 4.78 is 5.72. The van der Waals surface area contributed by atoms with Crippen molar-refractivity contribution in [2.45, 2.75) is 52.0 Å². The summed E-state index contributed by atoms with van der Waals surface area (Å²) in [5.41, 5.74) is 3.28. The number of hydrogen-bond donors (Lipinski definition) is 2. The molecular formula is C26H29NO4. The van der Waals surface area contributed by atoms with Crippen molar-refractivity contribution in [2.24, 2.45) is 16.2 Å². The topological polar surface area (TPSA) is 75.6 Å². The molecule has 0 aromatic heterocycles. The van der Waals surface area contributed by atoms with Gasteiger partial charge in [-0.1, -0.05) is 69.3 Å². The number of benzene rings is 2. The van der Waals surface area contributed by atoms with Crippen molar-refractivity contribution >= 4 is 12.1 Å². The number of carboxylic acid groups (broad SMARTS) is 1. The molecule has 3 aliphatic carbocycles. The maximum absolute atomic E-state index is 12.8. The van der Waals surface area contributed by atoms with Gasteiger partial charge < -0.3 is 15.2 Å². The lowest BCUT2D eigenvalue weighted by Crippen LogP contribution is -2.47. The van der Waals surface area contributed by atoms with Crippen molar-refractivity contribution < 1.29 is 19.4 Å². The van der Waals surface area contributed by atoms with Crippen molar-refractivity contribution in [3.05, 3.63) is 59.7 Å². The largest absolute Gasteiger partial charge is 0.481 e.